The SMILES string of the molecule is CCCCOc1ccc(C(=O)Nc2nc(-c3ccc(OC)c(OC)c3)cs2)cc1. The van der Waals surface area contributed by atoms with Crippen molar-refractivity contribution in [1.29, 1.82) is 0 Å². The van der Waals surface area contributed by atoms with Gasteiger partial charge in [-0.25, -0.2) is 4.98 Å². The standard InChI is InChI=1S/C22H24N2O4S/c1-4-5-12-28-17-9-6-15(7-10-17)21(25)24-22-23-18(14-29-22)16-8-11-19(26-2)20(13-16)27-3/h6-11,13-14H,4-5,12H2,1-3H3,(H,23,24,25). The number of benzene rings is 2. The molecule has 1 N–H and O–H groups in total. The van der Waals surface area contributed by atoms with E-state index in [0.29, 0.717) is 28.8 Å². The number of methoxy groups -OCH3 is 2. The van der Waals surface area contributed by atoms with Crippen LogP contribution in [0, 0.1) is 0 Å². The van der Waals surface area contributed by atoms with Crippen molar-refractivity contribution in [3.05, 3.63) is 53.4 Å². The average Bonchev–Trinajstić information content (AvgIpc) is 3.22. The maximum Gasteiger partial charge on any atom is 0.257 e. The molecular formula is C22H24N2O4S. The molecule has 0 bridgehead atoms. The summed E-state index contributed by atoms with van der Waals surface area (Å²) in [4.78, 5) is 17.0. The van der Waals surface area contributed by atoms with Crippen molar-refractivity contribution in [3.8, 4) is 28.5 Å². The molecule has 0 fully saturated rings. The van der Waals surface area contributed by atoms with Crippen LogP contribution in [0.25, 0.3) is 11.3 Å². The van der Waals surface area contributed by atoms with Crippen molar-refractivity contribution in [2.24, 2.45) is 0 Å². The second-order valence-corrected chi connectivity index (χ2v) is 7.15. The van der Waals surface area contributed by atoms with Gasteiger partial charge < -0.3 is 14.2 Å². The number of rotatable bonds is 9. The predicted octanol–water partition coefficient (Wildman–Crippen LogP) is 5.26. The van der Waals surface area contributed by atoms with E-state index in [1.807, 2.05) is 35.7 Å². The summed E-state index contributed by atoms with van der Waals surface area (Å²) in [6.07, 6.45) is 2.09. The number of carbonyl (C=O) groups is 1. The summed E-state index contributed by atoms with van der Waals surface area (Å²) in [5, 5.41) is 5.26. The van der Waals surface area contributed by atoms with Crippen LogP contribution < -0.4 is 19.5 Å². The fourth-order valence-corrected chi connectivity index (χ4v) is 3.38. The normalized spacial score (nSPS) is 10.4. The Bertz CT molecular complexity index is 954. The van der Waals surface area contributed by atoms with Crippen LogP contribution in [0.4, 0.5) is 5.13 Å². The lowest BCUT2D eigenvalue weighted by atomic mass is 10.1. The molecule has 0 aliphatic heterocycles. The van der Waals surface area contributed by atoms with Gasteiger partial charge in [0.1, 0.15) is 5.75 Å². The Kier molecular flexibility index (Phi) is 7.08. The molecule has 3 aromatic rings. The van der Waals surface area contributed by atoms with E-state index >= 15 is 0 Å². The van der Waals surface area contributed by atoms with Crippen LogP contribution >= 0.6 is 11.3 Å². The highest BCUT2D eigenvalue weighted by atomic mass is 32.1. The van der Waals surface area contributed by atoms with Gasteiger partial charge >= 0.3 is 0 Å². The molecule has 0 atom stereocenters. The molecule has 3 rings (SSSR count). The Hall–Kier alpha value is -3.06. The molecule has 2 aromatic carbocycles. The minimum Gasteiger partial charge on any atom is -0.494 e. The number of nitrogens with zero attached hydrogens (tertiary/aromatic N) is 1. The third-order valence-corrected chi connectivity index (χ3v) is 5.04. The Morgan fingerprint density at radius 3 is 2.52 bits per heavy atom. The number of thiazole rings is 1. The van der Waals surface area contributed by atoms with Gasteiger partial charge in [-0.05, 0) is 48.9 Å². The molecule has 0 spiro atoms. The molecule has 0 aliphatic carbocycles. The molecule has 0 aliphatic rings. The molecule has 1 amide bonds. The maximum atomic E-state index is 12.5. The molecule has 0 saturated heterocycles. The summed E-state index contributed by atoms with van der Waals surface area (Å²) in [5.41, 5.74) is 2.19. The van der Waals surface area contributed by atoms with Gasteiger partial charge in [0.2, 0.25) is 0 Å². The molecule has 0 unspecified atom stereocenters. The number of aromatic nitrogens is 1. The fourth-order valence-electron chi connectivity index (χ4n) is 2.67. The van der Waals surface area contributed by atoms with E-state index in [9.17, 15) is 4.79 Å². The van der Waals surface area contributed by atoms with Crippen molar-refractivity contribution < 1.29 is 19.0 Å². The molecule has 7 heteroatoms. The Morgan fingerprint density at radius 2 is 1.83 bits per heavy atom. The zero-order valence-corrected chi connectivity index (χ0v) is 17.5. The fraction of sp³-hybridized carbons (Fsp3) is 0.273. The number of amides is 1. The number of hydrogen-bond donors (Lipinski definition) is 1. The van der Waals surface area contributed by atoms with E-state index < -0.39 is 0 Å². The van der Waals surface area contributed by atoms with Crippen molar-refractivity contribution in [1.82, 2.24) is 4.98 Å². The van der Waals surface area contributed by atoms with E-state index in [1.54, 1.807) is 26.4 Å². The van der Waals surface area contributed by atoms with E-state index in [0.717, 1.165) is 29.8 Å². The summed E-state index contributed by atoms with van der Waals surface area (Å²) in [6.45, 7) is 2.80. The number of unbranched alkanes of at least 4 members (excludes halogenated alkanes) is 1. The van der Waals surface area contributed by atoms with Gasteiger partial charge in [-0.3, -0.25) is 10.1 Å². The first kappa shape index (κ1) is 20.7. The van der Waals surface area contributed by atoms with Gasteiger partial charge in [-0.1, -0.05) is 13.3 Å². The van der Waals surface area contributed by atoms with Gasteiger partial charge in [0.15, 0.2) is 16.6 Å². The molecule has 152 valence electrons. The van der Waals surface area contributed by atoms with Gasteiger partial charge in [0.05, 0.1) is 26.5 Å². The number of anilines is 1. The number of nitrogens with one attached hydrogen (secondary N) is 1. The van der Waals surface area contributed by atoms with E-state index in [2.05, 4.69) is 17.2 Å². The Balaban J connectivity index is 1.66. The first-order valence-corrected chi connectivity index (χ1v) is 10.2. The molecule has 0 saturated carbocycles. The Labute approximate surface area is 174 Å². The zero-order valence-electron chi connectivity index (χ0n) is 16.7. The summed E-state index contributed by atoms with van der Waals surface area (Å²) < 4.78 is 16.2. The van der Waals surface area contributed by atoms with Gasteiger partial charge in [0.25, 0.3) is 5.91 Å². The smallest absolute Gasteiger partial charge is 0.257 e. The lowest BCUT2D eigenvalue weighted by Gasteiger charge is -2.08. The van der Waals surface area contributed by atoms with Crippen LogP contribution in [-0.2, 0) is 0 Å². The minimum atomic E-state index is -0.210. The van der Waals surface area contributed by atoms with Crippen LogP contribution in [0.2, 0.25) is 0 Å². The molecule has 1 heterocycles. The monoisotopic (exact) mass is 412 g/mol. The van der Waals surface area contributed by atoms with Crippen LogP contribution in [0.3, 0.4) is 0 Å². The highest BCUT2D eigenvalue weighted by Crippen LogP contribution is 2.33. The summed E-state index contributed by atoms with van der Waals surface area (Å²) in [6, 6.07) is 12.7. The summed E-state index contributed by atoms with van der Waals surface area (Å²) in [7, 11) is 3.19. The maximum absolute atomic E-state index is 12.5. The van der Waals surface area contributed by atoms with Crippen LogP contribution in [-0.4, -0.2) is 31.7 Å². The zero-order chi connectivity index (χ0) is 20.6. The van der Waals surface area contributed by atoms with Crippen LogP contribution in [0.15, 0.2) is 47.8 Å². The van der Waals surface area contributed by atoms with E-state index in [1.165, 1.54) is 11.3 Å². The lowest BCUT2D eigenvalue weighted by molar-refractivity contribution is 0.102. The van der Waals surface area contributed by atoms with Crippen LogP contribution in [0.5, 0.6) is 17.2 Å². The summed E-state index contributed by atoms with van der Waals surface area (Å²) >= 11 is 1.37. The minimum absolute atomic E-state index is 0.210. The summed E-state index contributed by atoms with van der Waals surface area (Å²) in [5.74, 6) is 1.84. The van der Waals surface area contributed by atoms with Gasteiger partial charge in [0, 0.05) is 16.5 Å². The van der Waals surface area contributed by atoms with Crippen molar-refractivity contribution in [2.75, 3.05) is 26.1 Å². The van der Waals surface area contributed by atoms with E-state index in [-0.39, 0.29) is 5.91 Å². The first-order chi connectivity index (χ1) is 14.1. The van der Waals surface area contributed by atoms with Crippen molar-refractivity contribution in [2.45, 2.75) is 19.8 Å². The van der Waals surface area contributed by atoms with Gasteiger partial charge in [-0.15, -0.1) is 11.3 Å². The molecule has 6 nitrogen and oxygen atoms in total. The lowest BCUT2D eigenvalue weighted by Crippen LogP contribution is -2.11. The topological polar surface area (TPSA) is 69.7 Å². The van der Waals surface area contributed by atoms with E-state index in [4.69, 9.17) is 14.2 Å². The number of carbonyl (C=O) groups excluding carboxylic acids is 1. The quantitative estimate of drug-likeness (QED) is 0.486. The third kappa shape index (κ3) is 5.26. The highest BCUT2D eigenvalue weighted by Gasteiger charge is 2.12. The van der Waals surface area contributed by atoms with Crippen molar-refractivity contribution >= 4 is 22.4 Å². The largest absolute Gasteiger partial charge is 0.494 e. The number of hydrogen-bond acceptors (Lipinski definition) is 6. The predicted molar refractivity (Wildman–Crippen MR) is 115 cm³/mol. The van der Waals surface area contributed by atoms with Crippen molar-refractivity contribution in [3.63, 3.8) is 0 Å². The number of ether oxygens (including phenoxy) is 3. The average molecular weight is 413 g/mol. The molecule has 29 heavy (non-hydrogen) atoms. The van der Waals surface area contributed by atoms with Crippen LogP contribution in [0.1, 0.15) is 30.1 Å². The molecule has 0 radical (unpaired) electrons. The van der Waals surface area contributed by atoms with Gasteiger partial charge in [-0.2, -0.15) is 0 Å². The third-order valence-electron chi connectivity index (χ3n) is 4.29. The second kappa shape index (κ2) is 9.93. The molecule has 1 aromatic heterocycles. The molecular weight excluding hydrogens is 388 g/mol. The second-order valence-electron chi connectivity index (χ2n) is 6.29. The highest BCUT2D eigenvalue weighted by molar-refractivity contribution is 7.14. The first-order valence-electron chi connectivity index (χ1n) is 9.36. The Morgan fingerprint density at radius 1 is 1.07 bits per heavy atom.